The Kier molecular flexibility index (Phi) is 4.42. The van der Waals surface area contributed by atoms with Crippen LogP contribution in [0.15, 0.2) is 0 Å². The lowest BCUT2D eigenvalue weighted by Gasteiger charge is -2.27. The SMILES string of the molecule is CC(C)N(C)C[C@H]1CO[C@]2(CNCCOC2)C1. The van der Waals surface area contributed by atoms with Crippen LogP contribution in [0.4, 0.5) is 0 Å². The van der Waals surface area contributed by atoms with Crippen molar-refractivity contribution >= 4 is 0 Å². The molecule has 0 radical (unpaired) electrons. The number of rotatable bonds is 3. The van der Waals surface area contributed by atoms with E-state index < -0.39 is 0 Å². The maximum absolute atomic E-state index is 6.04. The van der Waals surface area contributed by atoms with Crippen LogP contribution in [0, 0.1) is 5.92 Å². The van der Waals surface area contributed by atoms with E-state index in [0.29, 0.717) is 12.0 Å². The summed E-state index contributed by atoms with van der Waals surface area (Å²) in [7, 11) is 2.19. The summed E-state index contributed by atoms with van der Waals surface area (Å²) in [6.45, 7) is 9.92. The number of hydrogen-bond acceptors (Lipinski definition) is 4. The van der Waals surface area contributed by atoms with Gasteiger partial charge in [-0.05, 0) is 33.2 Å². The van der Waals surface area contributed by atoms with Gasteiger partial charge in [-0.1, -0.05) is 0 Å². The average Bonchev–Trinajstić information content (AvgIpc) is 2.53. The summed E-state index contributed by atoms with van der Waals surface area (Å²) < 4.78 is 11.7. The molecule has 0 aromatic carbocycles. The van der Waals surface area contributed by atoms with Gasteiger partial charge in [0.2, 0.25) is 0 Å². The molecule has 2 rings (SSSR count). The first-order valence-corrected chi connectivity index (χ1v) is 6.74. The van der Waals surface area contributed by atoms with Crippen LogP contribution in [0.25, 0.3) is 0 Å². The smallest absolute Gasteiger partial charge is 0.104 e. The molecule has 4 heteroatoms. The third-order valence-corrected chi connectivity index (χ3v) is 3.95. The van der Waals surface area contributed by atoms with Crippen molar-refractivity contribution in [2.24, 2.45) is 5.92 Å². The third kappa shape index (κ3) is 3.41. The van der Waals surface area contributed by atoms with Crippen molar-refractivity contribution in [3.05, 3.63) is 0 Å². The number of ether oxygens (including phenoxy) is 2. The van der Waals surface area contributed by atoms with Crippen LogP contribution in [0.2, 0.25) is 0 Å². The first-order valence-electron chi connectivity index (χ1n) is 6.74. The minimum Gasteiger partial charge on any atom is -0.377 e. The lowest BCUT2D eigenvalue weighted by atomic mass is 9.94. The molecule has 0 amide bonds. The van der Waals surface area contributed by atoms with Crippen molar-refractivity contribution in [3.8, 4) is 0 Å². The molecular weight excluding hydrogens is 216 g/mol. The van der Waals surface area contributed by atoms with Crippen molar-refractivity contribution < 1.29 is 9.47 Å². The Balaban J connectivity index is 1.85. The Hall–Kier alpha value is -0.160. The van der Waals surface area contributed by atoms with Gasteiger partial charge >= 0.3 is 0 Å². The molecule has 0 saturated carbocycles. The molecular formula is C13H26N2O2. The molecule has 0 aromatic rings. The van der Waals surface area contributed by atoms with Crippen molar-refractivity contribution in [1.29, 1.82) is 0 Å². The molecule has 2 heterocycles. The van der Waals surface area contributed by atoms with Gasteiger partial charge in [0.05, 0.1) is 19.8 Å². The van der Waals surface area contributed by atoms with Gasteiger partial charge in [-0.25, -0.2) is 0 Å². The molecule has 1 N–H and O–H groups in total. The molecule has 100 valence electrons. The topological polar surface area (TPSA) is 33.7 Å². The number of hydrogen-bond donors (Lipinski definition) is 1. The highest BCUT2D eigenvalue weighted by atomic mass is 16.5. The first kappa shape index (κ1) is 13.3. The molecule has 4 nitrogen and oxygen atoms in total. The third-order valence-electron chi connectivity index (χ3n) is 3.95. The average molecular weight is 242 g/mol. The second kappa shape index (κ2) is 5.65. The highest BCUT2D eigenvalue weighted by Gasteiger charge is 2.41. The van der Waals surface area contributed by atoms with Crippen LogP contribution in [0.3, 0.4) is 0 Å². The Morgan fingerprint density at radius 3 is 3.06 bits per heavy atom. The van der Waals surface area contributed by atoms with Crippen LogP contribution in [0.1, 0.15) is 20.3 Å². The van der Waals surface area contributed by atoms with Crippen molar-refractivity contribution in [2.45, 2.75) is 31.9 Å². The normalized spacial score (nSPS) is 34.8. The van der Waals surface area contributed by atoms with Gasteiger partial charge in [0, 0.05) is 25.7 Å². The maximum Gasteiger partial charge on any atom is 0.104 e. The van der Waals surface area contributed by atoms with Crippen LogP contribution in [-0.4, -0.2) is 63.0 Å². The van der Waals surface area contributed by atoms with Gasteiger partial charge in [0.25, 0.3) is 0 Å². The summed E-state index contributed by atoms with van der Waals surface area (Å²) in [5.41, 5.74) is -0.0566. The fraction of sp³-hybridized carbons (Fsp3) is 1.00. The van der Waals surface area contributed by atoms with Crippen LogP contribution in [-0.2, 0) is 9.47 Å². The van der Waals surface area contributed by atoms with Gasteiger partial charge in [-0.15, -0.1) is 0 Å². The standard InChI is InChI=1S/C13H26N2O2/c1-11(2)15(3)7-12-6-13(17-8-12)9-14-4-5-16-10-13/h11-12,14H,4-10H2,1-3H3/t12-,13-/m0/s1. The molecule has 2 saturated heterocycles. The van der Waals surface area contributed by atoms with E-state index in [1.165, 1.54) is 0 Å². The lowest BCUT2D eigenvalue weighted by molar-refractivity contribution is -0.0472. The Labute approximate surface area is 105 Å². The lowest BCUT2D eigenvalue weighted by Crippen LogP contribution is -2.42. The molecule has 2 aliphatic rings. The molecule has 1 spiro atoms. The van der Waals surface area contributed by atoms with Crippen LogP contribution < -0.4 is 5.32 Å². The molecule has 0 aromatic heterocycles. The van der Waals surface area contributed by atoms with E-state index in [1.54, 1.807) is 0 Å². The second-order valence-corrected chi connectivity index (χ2v) is 5.83. The van der Waals surface area contributed by atoms with Crippen molar-refractivity contribution in [3.63, 3.8) is 0 Å². The Morgan fingerprint density at radius 2 is 2.29 bits per heavy atom. The molecule has 17 heavy (non-hydrogen) atoms. The van der Waals surface area contributed by atoms with Crippen molar-refractivity contribution in [1.82, 2.24) is 10.2 Å². The summed E-state index contributed by atoms with van der Waals surface area (Å²) in [5.74, 6) is 0.644. The first-order chi connectivity index (χ1) is 8.11. The number of nitrogens with zero attached hydrogens (tertiary/aromatic N) is 1. The molecule has 0 aliphatic carbocycles. The number of nitrogens with one attached hydrogen (secondary N) is 1. The minimum atomic E-state index is -0.0566. The molecule has 2 atom stereocenters. The summed E-state index contributed by atoms with van der Waals surface area (Å²) >= 11 is 0. The van der Waals surface area contributed by atoms with Crippen LogP contribution >= 0.6 is 0 Å². The zero-order chi connectivity index (χ0) is 12.3. The predicted octanol–water partition coefficient (Wildman–Crippen LogP) is 0.722. The molecule has 2 fully saturated rings. The Bertz CT molecular complexity index is 238. The fourth-order valence-corrected chi connectivity index (χ4v) is 2.67. The van der Waals surface area contributed by atoms with E-state index in [4.69, 9.17) is 9.47 Å². The van der Waals surface area contributed by atoms with Gasteiger partial charge in [-0.2, -0.15) is 0 Å². The summed E-state index contributed by atoms with van der Waals surface area (Å²) in [5, 5.41) is 3.41. The second-order valence-electron chi connectivity index (χ2n) is 5.83. The van der Waals surface area contributed by atoms with Gasteiger partial charge in [0.1, 0.15) is 5.60 Å². The minimum absolute atomic E-state index is 0.0566. The summed E-state index contributed by atoms with van der Waals surface area (Å²) in [6, 6.07) is 0.607. The van der Waals surface area contributed by atoms with Crippen LogP contribution in [0.5, 0.6) is 0 Å². The molecule has 2 aliphatic heterocycles. The predicted molar refractivity (Wildman–Crippen MR) is 68.2 cm³/mol. The highest BCUT2D eigenvalue weighted by Crippen LogP contribution is 2.31. The molecule has 0 bridgehead atoms. The summed E-state index contributed by atoms with van der Waals surface area (Å²) in [4.78, 5) is 2.40. The zero-order valence-electron chi connectivity index (χ0n) is 11.4. The van der Waals surface area contributed by atoms with Crippen molar-refractivity contribution in [2.75, 3.05) is 46.5 Å². The summed E-state index contributed by atoms with van der Waals surface area (Å²) in [6.07, 6.45) is 1.12. The zero-order valence-corrected chi connectivity index (χ0v) is 11.4. The van der Waals surface area contributed by atoms with E-state index in [2.05, 4.69) is 31.1 Å². The highest BCUT2D eigenvalue weighted by molar-refractivity contribution is 4.93. The van der Waals surface area contributed by atoms with E-state index in [1.807, 2.05) is 0 Å². The Morgan fingerprint density at radius 1 is 1.47 bits per heavy atom. The van der Waals surface area contributed by atoms with E-state index in [-0.39, 0.29) is 5.60 Å². The quantitative estimate of drug-likeness (QED) is 0.791. The van der Waals surface area contributed by atoms with E-state index >= 15 is 0 Å². The molecule has 0 unspecified atom stereocenters. The maximum atomic E-state index is 6.04. The van der Waals surface area contributed by atoms with Gasteiger partial charge < -0.3 is 19.7 Å². The van der Waals surface area contributed by atoms with Gasteiger partial charge in [0.15, 0.2) is 0 Å². The monoisotopic (exact) mass is 242 g/mol. The van der Waals surface area contributed by atoms with Gasteiger partial charge in [-0.3, -0.25) is 0 Å². The largest absolute Gasteiger partial charge is 0.377 e. The fourth-order valence-electron chi connectivity index (χ4n) is 2.67. The van der Waals surface area contributed by atoms with E-state index in [0.717, 1.165) is 45.9 Å². The van der Waals surface area contributed by atoms with E-state index in [9.17, 15) is 0 Å².